The minimum Gasteiger partial charge on any atom is -0.313 e. The molecule has 2 aliphatic rings. The maximum atomic E-state index is 3.92. The summed E-state index contributed by atoms with van der Waals surface area (Å²) in [5, 5.41) is 4.66. The molecule has 2 heteroatoms. The molecule has 3 rings (SSSR count). The Morgan fingerprint density at radius 1 is 1.29 bits per heavy atom. The molecule has 1 heterocycles. The predicted molar refractivity (Wildman–Crippen MR) is 93.0 cm³/mol. The minimum absolute atomic E-state index is 0.699. The average Bonchev–Trinajstić information content (AvgIpc) is 2.91. The lowest BCUT2D eigenvalue weighted by Crippen LogP contribution is -2.45. The van der Waals surface area contributed by atoms with Gasteiger partial charge in [0.25, 0.3) is 0 Å². The zero-order valence-corrected chi connectivity index (χ0v) is 14.3. The highest BCUT2D eigenvalue weighted by atomic mass is 32.2. The standard InChI is InChI=1S/C19H29NS/c1-3-11-20-19(16-9-6-7-14(2)12-16)18-13-15-8-4-5-10-17(15)21-18/h4-5,8,10,14,16,18-20H,3,6-7,9,11-13H2,1-2H3. The van der Waals surface area contributed by atoms with Gasteiger partial charge in [-0.3, -0.25) is 0 Å². The van der Waals surface area contributed by atoms with Crippen LogP contribution in [0.4, 0.5) is 0 Å². The SMILES string of the molecule is CCCNC(C1CCCC(C)C1)C1Cc2ccccc2S1. The van der Waals surface area contributed by atoms with Crippen LogP contribution in [0.25, 0.3) is 0 Å². The van der Waals surface area contributed by atoms with Crippen molar-refractivity contribution in [2.45, 2.75) is 68.6 Å². The van der Waals surface area contributed by atoms with Gasteiger partial charge in [0.1, 0.15) is 0 Å². The zero-order chi connectivity index (χ0) is 14.7. The number of fused-ring (bicyclic) bond motifs is 1. The summed E-state index contributed by atoms with van der Waals surface area (Å²) >= 11 is 2.13. The fourth-order valence-electron chi connectivity index (χ4n) is 4.13. The third kappa shape index (κ3) is 3.65. The van der Waals surface area contributed by atoms with Crippen LogP contribution in [0, 0.1) is 11.8 Å². The molecule has 0 spiro atoms. The monoisotopic (exact) mass is 303 g/mol. The molecular formula is C19H29NS. The Balaban J connectivity index is 1.71. The third-order valence-corrected chi connectivity index (χ3v) is 6.60. The Morgan fingerprint density at radius 3 is 2.90 bits per heavy atom. The first-order valence-corrected chi connectivity index (χ1v) is 9.63. The maximum absolute atomic E-state index is 3.92. The van der Waals surface area contributed by atoms with E-state index in [1.165, 1.54) is 50.0 Å². The van der Waals surface area contributed by atoms with Crippen molar-refractivity contribution in [3.63, 3.8) is 0 Å². The van der Waals surface area contributed by atoms with E-state index < -0.39 is 0 Å². The molecule has 1 saturated carbocycles. The highest BCUT2D eigenvalue weighted by Crippen LogP contribution is 2.42. The van der Waals surface area contributed by atoms with Gasteiger partial charge in [0, 0.05) is 16.2 Å². The van der Waals surface area contributed by atoms with E-state index in [4.69, 9.17) is 0 Å². The van der Waals surface area contributed by atoms with Crippen LogP contribution in [-0.2, 0) is 6.42 Å². The van der Waals surface area contributed by atoms with Gasteiger partial charge in [0.2, 0.25) is 0 Å². The Bertz CT molecular complexity index is 434. The van der Waals surface area contributed by atoms with Crippen molar-refractivity contribution in [3.8, 4) is 0 Å². The quantitative estimate of drug-likeness (QED) is 0.830. The van der Waals surface area contributed by atoms with Crippen LogP contribution in [0.5, 0.6) is 0 Å². The van der Waals surface area contributed by atoms with Crippen LogP contribution in [0.15, 0.2) is 29.2 Å². The first-order valence-electron chi connectivity index (χ1n) is 8.76. The van der Waals surface area contributed by atoms with Gasteiger partial charge in [-0.1, -0.05) is 44.9 Å². The number of hydrogen-bond acceptors (Lipinski definition) is 2. The molecule has 0 amide bonds. The summed E-state index contributed by atoms with van der Waals surface area (Å²) in [5.74, 6) is 1.80. The summed E-state index contributed by atoms with van der Waals surface area (Å²) in [5.41, 5.74) is 1.57. The Hall–Kier alpha value is -0.470. The minimum atomic E-state index is 0.699. The van der Waals surface area contributed by atoms with Crippen molar-refractivity contribution in [1.82, 2.24) is 5.32 Å². The summed E-state index contributed by atoms with van der Waals surface area (Å²) < 4.78 is 0. The Kier molecular flexibility index (Phi) is 5.29. The van der Waals surface area contributed by atoms with Gasteiger partial charge in [0.15, 0.2) is 0 Å². The summed E-state index contributed by atoms with van der Waals surface area (Å²) in [4.78, 5) is 1.52. The van der Waals surface area contributed by atoms with Crippen LogP contribution in [0.1, 0.15) is 51.5 Å². The van der Waals surface area contributed by atoms with E-state index in [9.17, 15) is 0 Å². The lowest BCUT2D eigenvalue weighted by atomic mass is 9.77. The second-order valence-corrected chi connectivity index (χ2v) is 8.26. The fraction of sp³-hybridized carbons (Fsp3) is 0.684. The average molecular weight is 304 g/mol. The molecule has 1 aliphatic carbocycles. The van der Waals surface area contributed by atoms with Crippen molar-refractivity contribution >= 4 is 11.8 Å². The Morgan fingerprint density at radius 2 is 2.14 bits per heavy atom. The van der Waals surface area contributed by atoms with Crippen molar-refractivity contribution in [1.29, 1.82) is 0 Å². The molecule has 0 aromatic heterocycles. The molecular weight excluding hydrogens is 274 g/mol. The van der Waals surface area contributed by atoms with E-state index in [-0.39, 0.29) is 0 Å². The van der Waals surface area contributed by atoms with Gasteiger partial charge >= 0.3 is 0 Å². The molecule has 0 bridgehead atoms. The molecule has 1 fully saturated rings. The second kappa shape index (κ2) is 7.19. The number of thioether (sulfide) groups is 1. The summed E-state index contributed by atoms with van der Waals surface area (Å²) in [6.45, 7) is 5.90. The van der Waals surface area contributed by atoms with Crippen LogP contribution >= 0.6 is 11.8 Å². The van der Waals surface area contributed by atoms with E-state index in [0.717, 1.165) is 17.1 Å². The van der Waals surface area contributed by atoms with Gasteiger partial charge in [-0.05, 0) is 55.7 Å². The highest BCUT2D eigenvalue weighted by Gasteiger charge is 2.35. The molecule has 1 aromatic carbocycles. The predicted octanol–water partition coefficient (Wildman–Crippen LogP) is 4.90. The molecule has 1 aromatic rings. The smallest absolute Gasteiger partial charge is 0.0291 e. The van der Waals surface area contributed by atoms with Gasteiger partial charge < -0.3 is 5.32 Å². The molecule has 4 unspecified atom stereocenters. The first kappa shape index (κ1) is 15.4. The van der Waals surface area contributed by atoms with Crippen LogP contribution in [0.2, 0.25) is 0 Å². The molecule has 1 nitrogen and oxygen atoms in total. The lowest BCUT2D eigenvalue weighted by molar-refractivity contribution is 0.219. The molecule has 21 heavy (non-hydrogen) atoms. The molecule has 116 valence electrons. The van der Waals surface area contributed by atoms with Crippen molar-refractivity contribution in [3.05, 3.63) is 29.8 Å². The normalized spacial score (nSPS) is 30.1. The van der Waals surface area contributed by atoms with E-state index in [1.807, 2.05) is 0 Å². The highest BCUT2D eigenvalue weighted by molar-refractivity contribution is 8.00. The van der Waals surface area contributed by atoms with Crippen molar-refractivity contribution in [2.24, 2.45) is 11.8 Å². The number of hydrogen-bond donors (Lipinski definition) is 1. The molecule has 0 saturated heterocycles. The van der Waals surface area contributed by atoms with E-state index >= 15 is 0 Å². The van der Waals surface area contributed by atoms with E-state index in [1.54, 1.807) is 5.56 Å². The van der Waals surface area contributed by atoms with E-state index in [2.05, 4.69) is 55.2 Å². The summed E-state index contributed by atoms with van der Waals surface area (Å²) in [7, 11) is 0. The Labute approximate surface area is 134 Å². The summed E-state index contributed by atoms with van der Waals surface area (Å²) in [6, 6.07) is 9.71. The molecule has 0 radical (unpaired) electrons. The van der Waals surface area contributed by atoms with Crippen LogP contribution in [0.3, 0.4) is 0 Å². The van der Waals surface area contributed by atoms with Crippen LogP contribution < -0.4 is 5.32 Å². The second-order valence-electron chi connectivity index (χ2n) is 6.98. The maximum Gasteiger partial charge on any atom is 0.0291 e. The van der Waals surface area contributed by atoms with Gasteiger partial charge in [-0.2, -0.15) is 0 Å². The number of nitrogens with one attached hydrogen (secondary N) is 1. The zero-order valence-electron chi connectivity index (χ0n) is 13.5. The first-order chi connectivity index (χ1) is 10.3. The topological polar surface area (TPSA) is 12.0 Å². The molecule has 4 atom stereocenters. The summed E-state index contributed by atoms with van der Waals surface area (Å²) in [6.07, 6.45) is 8.22. The largest absolute Gasteiger partial charge is 0.313 e. The van der Waals surface area contributed by atoms with E-state index in [0.29, 0.717) is 6.04 Å². The number of benzene rings is 1. The van der Waals surface area contributed by atoms with Gasteiger partial charge in [-0.15, -0.1) is 11.8 Å². The van der Waals surface area contributed by atoms with Crippen molar-refractivity contribution in [2.75, 3.05) is 6.54 Å². The third-order valence-electron chi connectivity index (χ3n) is 5.19. The van der Waals surface area contributed by atoms with Crippen molar-refractivity contribution < 1.29 is 0 Å². The van der Waals surface area contributed by atoms with Gasteiger partial charge in [-0.25, -0.2) is 0 Å². The van der Waals surface area contributed by atoms with Gasteiger partial charge in [0.05, 0.1) is 0 Å². The lowest BCUT2D eigenvalue weighted by Gasteiger charge is -2.37. The fourth-order valence-corrected chi connectivity index (χ4v) is 5.64. The molecule has 1 aliphatic heterocycles. The molecule has 1 N–H and O–H groups in total. The van der Waals surface area contributed by atoms with Crippen LogP contribution in [-0.4, -0.2) is 17.8 Å². The number of rotatable bonds is 5.